The predicted molar refractivity (Wildman–Crippen MR) is 53.6 cm³/mol. The zero-order valence-electron chi connectivity index (χ0n) is 8.92. The van der Waals surface area contributed by atoms with E-state index in [1.807, 2.05) is 0 Å². The van der Waals surface area contributed by atoms with Crippen molar-refractivity contribution in [1.29, 1.82) is 0 Å². The van der Waals surface area contributed by atoms with E-state index in [1.54, 1.807) is 13.8 Å². The van der Waals surface area contributed by atoms with Crippen LogP contribution < -0.4 is 0 Å². The topological polar surface area (TPSA) is 29.4 Å². The predicted octanol–water partition coefficient (Wildman–Crippen LogP) is 2.88. The van der Waals surface area contributed by atoms with E-state index in [0.29, 0.717) is 12.5 Å². The Morgan fingerprint density at radius 3 is 2.71 bits per heavy atom. The van der Waals surface area contributed by atoms with Crippen LogP contribution in [0.1, 0.15) is 39.5 Å². The molecule has 0 amide bonds. The highest BCUT2D eigenvalue weighted by Crippen LogP contribution is 2.40. The number of rotatable bonds is 4. The quantitative estimate of drug-likeness (QED) is 0.505. The number of isocyanates is 1. The standard InChI is InChI=1S/C11H18FNO/c1-11(2,12)10-4-3-9(7-10)5-6-13-8-14/h9-10H,3-7H2,1-2H3. The number of halogens is 1. The van der Waals surface area contributed by atoms with Crippen LogP contribution in [0.15, 0.2) is 4.99 Å². The average Bonchev–Trinajstić information content (AvgIpc) is 2.52. The van der Waals surface area contributed by atoms with Gasteiger partial charge in [0.25, 0.3) is 0 Å². The molecule has 0 bridgehead atoms. The molecule has 0 radical (unpaired) electrons. The molecule has 2 atom stereocenters. The normalized spacial score (nSPS) is 27.4. The number of hydrogen-bond donors (Lipinski definition) is 0. The molecule has 3 heteroatoms. The first-order valence-corrected chi connectivity index (χ1v) is 5.26. The molecule has 0 saturated heterocycles. The van der Waals surface area contributed by atoms with Gasteiger partial charge in [0.15, 0.2) is 0 Å². The van der Waals surface area contributed by atoms with Crippen LogP contribution in [0.25, 0.3) is 0 Å². The van der Waals surface area contributed by atoms with Gasteiger partial charge in [-0.25, -0.2) is 14.2 Å². The summed E-state index contributed by atoms with van der Waals surface area (Å²) in [7, 11) is 0. The first kappa shape index (κ1) is 11.4. The fourth-order valence-electron chi connectivity index (χ4n) is 2.25. The molecule has 1 rings (SSSR count). The maximum absolute atomic E-state index is 13.6. The van der Waals surface area contributed by atoms with E-state index < -0.39 is 5.67 Å². The molecule has 0 N–H and O–H groups in total. The number of hydrogen-bond acceptors (Lipinski definition) is 2. The monoisotopic (exact) mass is 199 g/mol. The van der Waals surface area contributed by atoms with Gasteiger partial charge in [0.05, 0.1) is 6.54 Å². The summed E-state index contributed by atoms with van der Waals surface area (Å²) in [6, 6.07) is 0. The molecule has 0 aliphatic heterocycles. The van der Waals surface area contributed by atoms with E-state index in [0.717, 1.165) is 25.7 Å². The molecule has 1 fully saturated rings. The lowest BCUT2D eigenvalue weighted by Crippen LogP contribution is -2.23. The maximum atomic E-state index is 13.6. The van der Waals surface area contributed by atoms with Gasteiger partial charge in [-0.05, 0) is 51.4 Å². The molecule has 14 heavy (non-hydrogen) atoms. The van der Waals surface area contributed by atoms with Gasteiger partial charge in [0.2, 0.25) is 6.08 Å². The van der Waals surface area contributed by atoms with Gasteiger partial charge in [0, 0.05) is 0 Å². The summed E-state index contributed by atoms with van der Waals surface area (Å²) >= 11 is 0. The smallest absolute Gasteiger partial charge is 0.234 e. The molecule has 0 spiro atoms. The number of nitrogens with zero attached hydrogens (tertiary/aromatic N) is 1. The van der Waals surface area contributed by atoms with Crippen molar-refractivity contribution in [2.24, 2.45) is 16.8 Å². The minimum atomic E-state index is -1.05. The van der Waals surface area contributed by atoms with Gasteiger partial charge in [0.1, 0.15) is 5.67 Å². The van der Waals surface area contributed by atoms with Crippen molar-refractivity contribution in [1.82, 2.24) is 0 Å². The first-order valence-electron chi connectivity index (χ1n) is 5.26. The van der Waals surface area contributed by atoms with Crippen molar-refractivity contribution >= 4 is 6.08 Å². The minimum Gasteiger partial charge on any atom is -0.244 e. The lowest BCUT2D eigenvalue weighted by atomic mass is 9.90. The highest BCUT2D eigenvalue weighted by Gasteiger charge is 2.35. The van der Waals surface area contributed by atoms with Crippen molar-refractivity contribution in [2.75, 3.05) is 6.54 Å². The molecule has 0 aromatic rings. The van der Waals surface area contributed by atoms with Gasteiger partial charge in [-0.15, -0.1) is 0 Å². The van der Waals surface area contributed by atoms with Crippen LogP contribution in [-0.4, -0.2) is 18.3 Å². The Bertz CT molecular complexity index is 228. The zero-order chi connectivity index (χ0) is 10.6. The van der Waals surface area contributed by atoms with Crippen molar-refractivity contribution in [2.45, 2.75) is 45.2 Å². The molecule has 1 aliphatic rings. The fourth-order valence-corrected chi connectivity index (χ4v) is 2.25. The van der Waals surface area contributed by atoms with Crippen molar-refractivity contribution < 1.29 is 9.18 Å². The fraction of sp³-hybridized carbons (Fsp3) is 0.909. The Morgan fingerprint density at radius 2 is 2.21 bits per heavy atom. The molecule has 0 heterocycles. The van der Waals surface area contributed by atoms with Crippen LogP contribution in [0, 0.1) is 11.8 Å². The van der Waals surface area contributed by atoms with Gasteiger partial charge in [-0.3, -0.25) is 0 Å². The lowest BCUT2D eigenvalue weighted by Gasteiger charge is -2.22. The summed E-state index contributed by atoms with van der Waals surface area (Å²) in [6.45, 7) is 3.86. The van der Waals surface area contributed by atoms with E-state index in [2.05, 4.69) is 4.99 Å². The first-order chi connectivity index (χ1) is 6.54. The van der Waals surface area contributed by atoms with E-state index in [4.69, 9.17) is 0 Å². The summed E-state index contributed by atoms with van der Waals surface area (Å²) < 4.78 is 13.6. The molecule has 2 nitrogen and oxygen atoms in total. The summed E-state index contributed by atoms with van der Waals surface area (Å²) in [6.07, 6.45) is 5.43. The Labute approximate surface area is 84.6 Å². The molecule has 0 aromatic heterocycles. The van der Waals surface area contributed by atoms with Gasteiger partial charge in [-0.2, -0.15) is 0 Å². The van der Waals surface area contributed by atoms with E-state index in [-0.39, 0.29) is 5.92 Å². The third-order valence-corrected chi connectivity index (χ3v) is 3.23. The van der Waals surface area contributed by atoms with Crippen LogP contribution in [-0.2, 0) is 4.79 Å². The zero-order valence-corrected chi connectivity index (χ0v) is 8.92. The summed E-state index contributed by atoms with van der Waals surface area (Å²) in [5, 5.41) is 0. The highest BCUT2D eigenvalue weighted by molar-refractivity contribution is 5.32. The maximum Gasteiger partial charge on any atom is 0.234 e. The molecule has 80 valence electrons. The lowest BCUT2D eigenvalue weighted by molar-refractivity contribution is 0.125. The molecule has 1 aliphatic carbocycles. The second-order valence-electron chi connectivity index (χ2n) is 4.70. The largest absolute Gasteiger partial charge is 0.244 e. The highest BCUT2D eigenvalue weighted by atomic mass is 19.1. The minimum absolute atomic E-state index is 0.188. The molecule has 2 unspecified atom stereocenters. The Morgan fingerprint density at radius 1 is 1.50 bits per heavy atom. The number of alkyl halides is 1. The summed E-state index contributed by atoms with van der Waals surface area (Å²) in [4.78, 5) is 13.4. The van der Waals surface area contributed by atoms with E-state index >= 15 is 0 Å². The Balaban J connectivity index is 2.30. The van der Waals surface area contributed by atoms with Crippen LogP contribution in [0.4, 0.5) is 4.39 Å². The van der Waals surface area contributed by atoms with Crippen molar-refractivity contribution in [3.63, 3.8) is 0 Å². The third kappa shape index (κ3) is 3.22. The van der Waals surface area contributed by atoms with E-state index in [1.165, 1.54) is 6.08 Å². The van der Waals surface area contributed by atoms with Gasteiger partial charge in [-0.1, -0.05) is 0 Å². The second-order valence-corrected chi connectivity index (χ2v) is 4.70. The van der Waals surface area contributed by atoms with Crippen LogP contribution in [0.5, 0.6) is 0 Å². The second kappa shape index (κ2) is 4.70. The summed E-state index contributed by atoms with van der Waals surface area (Å²) in [5.74, 6) is 0.736. The Kier molecular flexibility index (Phi) is 3.82. The number of carbonyl (C=O) groups excluding carboxylic acids is 1. The van der Waals surface area contributed by atoms with Gasteiger partial charge >= 0.3 is 0 Å². The average molecular weight is 199 g/mol. The Hall–Kier alpha value is -0.690. The SMILES string of the molecule is CC(C)(F)C1CCC(CCN=C=O)C1. The van der Waals surface area contributed by atoms with Crippen molar-refractivity contribution in [3.8, 4) is 0 Å². The molecule has 1 saturated carbocycles. The van der Waals surface area contributed by atoms with Crippen molar-refractivity contribution in [3.05, 3.63) is 0 Å². The van der Waals surface area contributed by atoms with Crippen LogP contribution in [0.3, 0.4) is 0 Å². The van der Waals surface area contributed by atoms with Crippen LogP contribution in [0.2, 0.25) is 0 Å². The van der Waals surface area contributed by atoms with Crippen LogP contribution >= 0.6 is 0 Å². The van der Waals surface area contributed by atoms with E-state index in [9.17, 15) is 9.18 Å². The van der Waals surface area contributed by atoms with Gasteiger partial charge < -0.3 is 0 Å². The third-order valence-electron chi connectivity index (χ3n) is 3.23. The molecular weight excluding hydrogens is 181 g/mol. The molecule has 0 aromatic carbocycles. The summed E-state index contributed by atoms with van der Waals surface area (Å²) in [5.41, 5.74) is -1.05. The molecular formula is C11H18FNO. The number of aliphatic imine (C=N–C) groups is 1.